The number of ketones is 1. The van der Waals surface area contributed by atoms with Crippen molar-refractivity contribution in [3.8, 4) is 0 Å². The number of halogens is 1. The minimum Gasteiger partial charge on any atom is -0.295 e. The maximum absolute atomic E-state index is 13.3. The van der Waals surface area contributed by atoms with Crippen molar-refractivity contribution in [1.82, 2.24) is 0 Å². The summed E-state index contributed by atoms with van der Waals surface area (Å²) in [6.45, 7) is 2.19. The molecule has 1 unspecified atom stereocenters. The number of carbonyl (C=O) groups is 1. The molecule has 0 bridgehead atoms. The minimum atomic E-state index is -0.143. The van der Waals surface area contributed by atoms with Gasteiger partial charge in [0.1, 0.15) is 5.82 Å². The van der Waals surface area contributed by atoms with E-state index in [0.29, 0.717) is 24.2 Å². The van der Waals surface area contributed by atoms with Gasteiger partial charge in [-0.25, -0.2) is 4.39 Å². The molecule has 2 aliphatic carbocycles. The molecule has 2 heteroatoms. The molecular weight excluding hydrogens is 275 g/mol. The van der Waals surface area contributed by atoms with E-state index >= 15 is 0 Å². The third-order valence-electron chi connectivity index (χ3n) is 5.12. The van der Waals surface area contributed by atoms with E-state index in [1.165, 1.54) is 30.9 Å². The maximum Gasteiger partial charge on any atom is 0.159 e. The van der Waals surface area contributed by atoms with Gasteiger partial charge in [-0.15, -0.1) is 0 Å². The van der Waals surface area contributed by atoms with Crippen LogP contribution in [0.5, 0.6) is 0 Å². The van der Waals surface area contributed by atoms with Gasteiger partial charge in [0.2, 0.25) is 0 Å². The summed E-state index contributed by atoms with van der Waals surface area (Å²) in [6.07, 6.45) is 11.2. The minimum absolute atomic E-state index is 0.143. The van der Waals surface area contributed by atoms with Crippen LogP contribution in [0.1, 0.15) is 50.5 Å². The summed E-state index contributed by atoms with van der Waals surface area (Å²) in [7, 11) is 0. The molecule has 0 aromatic heterocycles. The number of hydrogen-bond acceptors (Lipinski definition) is 1. The van der Waals surface area contributed by atoms with E-state index < -0.39 is 0 Å². The Labute approximate surface area is 131 Å². The maximum atomic E-state index is 13.3. The van der Waals surface area contributed by atoms with Crippen molar-refractivity contribution in [2.24, 2.45) is 11.8 Å². The van der Waals surface area contributed by atoms with E-state index in [0.717, 1.165) is 12.0 Å². The fraction of sp³-hybridized carbons (Fsp3) is 0.450. The van der Waals surface area contributed by atoms with Crippen LogP contribution in [0.4, 0.5) is 4.39 Å². The molecule has 0 aliphatic heterocycles. The highest BCUT2D eigenvalue weighted by Crippen LogP contribution is 2.41. The zero-order valence-corrected chi connectivity index (χ0v) is 13.1. The van der Waals surface area contributed by atoms with E-state index in [4.69, 9.17) is 0 Å². The van der Waals surface area contributed by atoms with Crippen molar-refractivity contribution in [3.63, 3.8) is 0 Å². The Balaban J connectivity index is 1.57. The van der Waals surface area contributed by atoms with Crippen LogP contribution in [0.15, 0.2) is 48.1 Å². The van der Waals surface area contributed by atoms with E-state index in [1.807, 2.05) is 12.1 Å². The highest BCUT2D eigenvalue weighted by Gasteiger charge is 2.28. The second-order valence-electron chi connectivity index (χ2n) is 6.78. The van der Waals surface area contributed by atoms with Gasteiger partial charge < -0.3 is 0 Å². The topological polar surface area (TPSA) is 17.1 Å². The summed E-state index contributed by atoms with van der Waals surface area (Å²) in [4.78, 5) is 11.3. The van der Waals surface area contributed by atoms with Crippen LogP contribution in [0.25, 0.3) is 0 Å². The lowest BCUT2D eigenvalue weighted by Crippen LogP contribution is -2.06. The summed E-state index contributed by atoms with van der Waals surface area (Å²) in [5.41, 5.74) is 2.45. The first-order chi connectivity index (χ1) is 10.6. The summed E-state index contributed by atoms with van der Waals surface area (Å²) < 4.78 is 13.3. The van der Waals surface area contributed by atoms with E-state index in [9.17, 15) is 9.18 Å². The van der Waals surface area contributed by atoms with Crippen molar-refractivity contribution >= 4 is 5.78 Å². The van der Waals surface area contributed by atoms with Crippen molar-refractivity contribution in [2.75, 3.05) is 0 Å². The van der Waals surface area contributed by atoms with Crippen LogP contribution < -0.4 is 0 Å². The van der Waals surface area contributed by atoms with Crippen molar-refractivity contribution in [1.29, 1.82) is 0 Å². The number of allylic oxidation sites excluding steroid dienone is 4. The van der Waals surface area contributed by atoms with Crippen molar-refractivity contribution in [3.05, 3.63) is 59.4 Å². The Hall–Kier alpha value is -1.70. The first kappa shape index (κ1) is 15.2. The standard InChI is InChI=1S/C20H23FO/c1-14(17-3-2-4-19(21)13-17)11-15-5-6-18(12-15)16-7-9-20(22)10-8-16/h2-4,7-9,13-15,18H,5-6,10-12H2,1H3/t14-,15?,18-/m0/s1. The molecule has 116 valence electrons. The third-order valence-corrected chi connectivity index (χ3v) is 5.12. The molecule has 3 rings (SSSR count). The van der Waals surface area contributed by atoms with Crippen molar-refractivity contribution in [2.45, 2.75) is 44.9 Å². The molecular formula is C20H23FO. The predicted molar refractivity (Wildman–Crippen MR) is 87.1 cm³/mol. The van der Waals surface area contributed by atoms with Gasteiger partial charge in [-0.3, -0.25) is 4.79 Å². The molecule has 1 saturated carbocycles. The summed E-state index contributed by atoms with van der Waals surface area (Å²) in [5, 5.41) is 0. The summed E-state index contributed by atoms with van der Waals surface area (Å²) in [5.74, 6) is 1.77. The van der Waals surface area contributed by atoms with Crippen LogP contribution in [0.3, 0.4) is 0 Å². The van der Waals surface area contributed by atoms with Crippen LogP contribution in [0.2, 0.25) is 0 Å². The number of rotatable bonds is 4. The van der Waals surface area contributed by atoms with Crippen molar-refractivity contribution < 1.29 is 9.18 Å². The number of carbonyl (C=O) groups excluding carboxylic acids is 1. The third kappa shape index (κ3) is 3.55. The highest BCUT2D eigenvalue weighted by molar-refractivity contribution is 5.92. The Kier molecular flexibility index (Phi) is 4.56. The molecule has 0 saturated heterocycles. The molecule has 1 aromatic rings. The SMILES string of the molecule is C[C@@H](CC1CC[C@H](C2=CCC(=O)C=C2)C1)c1cccc(F)c1. The largest absolute Gasteiger partial charge is 0.295 e. The monoisotopic (exact) mass is 298 g/mol. The fourth-order valence-corrected chi connectivity index (χ4v) is 3.89. The lowest BCUT2D eigenvalue weighted by Gasteiger charge is -2.18. The summed E-state index contributed by atoms with van der Waals surface area (Å²) >= 11 is 0. The number of benzene rings is 1. The van der Waals surface area contributed by atoms with E-state index in [-0.39, 0.29) is 11.6 Å². The quantitative estimate of drug-likeness (QED) is 0.747. The van der Waals surface area contributed by atoms with Gasteiger partial charge in [-0.2, -0.15) is 0 Å². The average Bonchev–Trinajstić information content (AvgIpc) is 2.96. The molecule has 0 N–H and O–H groups in total. The molecule has 1 nitrogen and oxygen atoms in total. The van der Waals surface area contributed by atoms with Crippen LogP contribution >= 0.6 is 0 Å². The zero-order valence-electron chi connectivity index (χ0n) is 13.1. The Morgan fingerprint density at radius 2 is 2.14 bits per heavy atom. The van der Waals surface area contributed by atoms with Gasteiger partial charge in [0.15, 0.2) is 5.78 Å². The van der Waals surface area contributed by atoms with Gasteiger partial charge in [0.25, 0.3) is 0 Å². The summed E-state index contributed by atoms with van der Waals surface area (Å²) in [6, 6.07) is 6.99. The first-order valence-corrected chi connectivity index (χ1v) is 8.28. The van der Waals surface area contributed by atoms with Gasteiger partial charge in [0.05, 0.1) is 0 Å². The lowest BCUT2D eigenvalue weighted by molar-refractivity contribution is -0.113. The molecule has 2 aliphatic rings. The van der Waals surface area contributed by atoms with Gasteiger partial charge in [-0.05, 0) is 72.8 Å². The zero-order chi connectivity index (χ0) is 15.5. The smallest absolute Gasteiger partial charge is 0.159 e. The molecule has 1 fully saturated rings. The molecule has 0 amide bonds. The average molecular weight is 298 g/mol. The normalized spacial score (nSPS) is 26.1. The lowest BCUT2D eigenvalue weighted by atomic mass is 9.87. The molecule has 22 heavy (non-hydrogen) atoms. The van der Waals surface area contributed by atoms with Crippen LogP contribution in [0, 0.1) is 17.7 Å². The molecule has 1 aromatic carbocycles. The second kappa shape index (κ2) is 6.60. The Bertz CT molecular complexity index is 614. The molecule has 0 radical (unpaired) electrons. The Morgan fingerprint density at radius 3 is 2.86 bits per heavy atom. The molecule has 0 spiro atoms. The molecule has 0 heterocycles. The van der Waals surface area contributed by atoms with E-state index in [1.54, 1.807) is 18.2 Å². The fourth-order valence-electron chi connectivity index (χ4n) is 3.89. The van der Waals surface area contributed by atoms with Gasteiger partial charge in [-0.1, -0.05) is 31.2 Å². The molecule has 3 atom stereocenters. The van der Waals surface area contributed by atoms with Crippen LogP contribution in [-0.2, 0) is 4.79 Å². The number of hydrogen-bond donors (Lipinski definition) is 0. The van der Waals surface area contributed by atoms with E-state index in [2.05, 4.69) is 13.0 Å². The van der Waals surface area contributed by atoms with Gasteiger partial charge >= 0.3 is 0 Å². The first-order valence-electron chi connectivity index (χ1n) is 8.28. The van der Waals surface area contributed by atoms with Gasteiger partial charge in [0, 0.05) is 6.42 Å². The van der Waals surface area contributed by atoms with Crippen LogP contribution in [-0.4, -0.2) is 5.78 Å². The second-order valence-corrected chi connectivity index (χ2v) is 6.78. The predicted octanol–water partition coefficient (Wildman–Crippen LogP) is 5.19. The Morgan fingerprint density at radius 1 is 1.27 bits per heavy atom. The highest BCUT2D eigenvalue weighted by atomic mass is 19.1.